The van der Waals surface area contributed by atoms with Crippen LogP contribution in [-0.2, 0) is 9.09 Å². The minimum atomic E-state index is -5.02. The van der Waals surface area contributed by atoms with E-state index in [1.165, 1.54) is 12.8 Å². The monoisotopic (exact) mass is 372 g/mol. The van der Waals surface area contributed by atoms with Crippen LogP contribution in [0.1, 0.15) is 63.0 Å². The fourth-order valence-electron chi connectivity index (χ4n) is 2.71. The minimum Gasteiger partial charge on any atom is -0.790 e. The fraction of sp³-hybridized carbons (Fsp3) is 0.625. The summed E-state index contributed by atoms with van der Waals surface area (Å²) in [5.74, 6) is 1.96. The molecule has 0 heterocycles. The maximum absolute atomic E-state index is 10.6. The minimum absolute atomic E-state index is 0. The van der Waals surface area contributed by atoms with Gasteiger partial charge in [0.1, 0.15) is 5.75 Å². The number of hydrogen-bond donors (Lipinski definition) is 0. The first-order valence-electron chi connectivity index (χ1n) is 7.75. The third kappa shape index (κ3) is 7.40. The maximum atomic E-state index is 10.6. The molecular formula is C16H23Na2O5P. The number of ether oxygens (including phenoxy) is 1. The molecule has 5 nitrogen and oxygen atoms in total. The van der Waals surface area contributed by atoms with Gasteiger partial charge in [0.2, 0.25) is 0 Å². The topological polar surface area (TPSA) is 81.7 Å². The molecule has 1 aliphatic rings. The van der Waals surface area contributed by atoms with Crippen LogP contribution >= 0.6 is 7.82 Å². The summed E-state index contributed by atoms with van der Waals surface area (Å²) in [6.45, 7) is 5.78. The van der Waals surface area contributed by atoms with E-state index in [2.05, 4.69) is 25.3 Å². The van der Waals surface area contributed by atoms with Crippen molar-refractivity contribution in [2.45, 2.75) is 51.9 Å². The van der Waals surface area contributed by atoms with Crippen molar-refractivity contribution in [1.82, 2.24) is 0 Å². The summed E-state index contributed by atoms with van der Waals surface area (Å²) < 4.78 is 20.4. The number of benzene rings is 1. The first kappa shape index (κ1) is 25.1. The van der Waals surface area contributed by atoms with Crippen molar-refractivity contribution < 1.29 is 82.7 Å². The predicted octanol–water partition coefficient (Wildman–Crippen LogP) is -3.10. The molecule has 24 heavy (non-hydrogen) atoms. The Balaban J connectivity index is 0.00000264. The Kier molecular flexibility index (Phi) is 11.6. The zero-order valence-electron chi connectivity index (χ0n) is 15.3. The number of phosphoric ester groups is 1. The van der Waals surface area contributed by atoms with Crippen LogP contribution in [-0.4, -0.2) is 6.79 Å². The molecule has 0 bridgehead atoms. The summed E-state index contributed by atoms with van der Waals surface area (Å²) in [7, 11) is -5.02. The van der Waals surface area contributed by atoms with Crippen LogP contribution in [0, 0.1) is 5.92 Å². The second-order valence-corrected chi connectivity index (χ2v) is 7.19. The largest absolute Gasteiger partial charge is 1.00 e. The van der Waals surface area contributed by atoms with Gasteiger partial charge in [0.05, 0.1) is 7.82 Å². The summed E-state index contributed by atoms with van der Waals surface area (Å²) >= 11 is 0. The van der Waals surface area contributed by atoms with Crippen LogP contribution in [0.2, 0.25) is 0 Å². The summed E-state index contributed by atoms with van der Waals surface area (Å²) in [6, 6.07) is 6.01. The van der Waals surface area contributed by atoms with E-state index in [0.29, 0.717) is 17.6 Å². The van der Waals surface area contributed by atoms with E-state index in [9.17, 15) is 14.4 Å². The summed E-state index contributed by atoms with van der Waals surface area (Å²) in [6.07, 6.45) is 3.36. The van der Waals surface area contributed by atoms with Gasteiger partial charge in [0.15, 0.2) is 6.79 Å². The third-order valence-corrected chi connectivity index (χ3v) is 4.87. The molecule has 2 unspecified atom stereocenters. The van der Waals surface area contributed by atoms with E-state index in [1.807, 2.05) is 18.2 Å². The Morgan fingerprint density at radius 3 is 2.29 bits per heavy atom. The second kappa shape index (κ2) is 11.1. The van der Waals surface area contributed by atoms with Gasteiger partial charge in [-0.15, -0.1) is 0 Å². The normalized spacial score (nSPS) is 16.5. The van der Waals surface area contributed by atoms with Crippen LogP contribution in [0.4, 0.5) is 0 Å². The van der Waals surface area contributed by atoms with Gasteiger partial charge in [-0.25, -0.2) is 0 Å². The van der Waals surface area contributed by atoms with E-state index in [1.54, 1.807) is 0 Å². The van der Waals surface area contributed by atoms with Crippen molar-refractivity contribution in [3.05, 3.63) is 29.3 Å². The molecule has 1 aromatic rings. The van der Waals surface area contributed by atoms with E-state index in [-0.39, 0.29) is 65.0 Å². The van der Waals surface area contributed by atoms with E-state index in [4.69, 9.17) is 4.74 Å². The first-order chi connectivity index (χ1) is 10.3. The molecule has 0 N–H and O–H groups in total. The van der Waals surface area contributed by atoms with Gasteiger partial charge >= 0.3 is 59.1 Å². The molecule has 124 valence electrons. The first-order valence-corrected chi connectivity index (χ1v) is 9.21. The van der Waals surface area contributed by atoms with E-state index in [0.717, 1.165) is 17.5 Å². The van der Waals surface area contributed by atoms with Crippen LogP contribution < -0.4 is 73.6 Å². The number of rotatable bonds is 8. The van der Waals surface area contributed by atoms with Gasteiger partial charge in [-0.05, 0) is 48.1 Å². The molecule has 0 aliphatic heterocycles. The molecule has 1 saturated carbocycles. The Hall–Kier alpha value is 1.13. The van der Waals surface area contributed by atoms with Gasteiger partial charge in [-0.3, -0.25) is 0 Å². The zero-order chi connectivity index (χ0) is 16.3. The molecule has 1 fully saturated rings. The SMILES string of the molecule is CCC(C)c1cccc(C(C)C2CC2)c1OCOP(=O)([O-])[O-].[Na+].[Na+]. The van der Waals surface area contributed by atoms with Crippen LogP contribution in [0.15, 0.2) is 18.2 Å². The molecule has 0 spiro atoms. The molecule has 0 radical (unpaired) electrons. The molecule has 0 aromatic heterocycles. The maximum Gasteiger partial charge on any atom is 1.00 e. The quantitative estimate of drug-likeness (QED) is 0.274. The molecule has 0 amide bonds. The molecule has 0 saturated heterocycles. The number of para-hydroxylation sites is 1. The van der Waals surface area contributed by atoms with Crippen molar-refractivity contribution in [2.75, 3.05) is 6.79 Å². The number of phosphoric acid groups is 1. The van der Waals surface area contributed by atoms with Crippen molar-refractivity contribution >= 4 is 7.82 Å². The Labute approximate surface area is 188 Å². The predicted molar refractivity (Wildman–Crippen MR) is 80.5 cm³/mol. The molecule has 1 aliphatic carbocycles. The van der Waals surface area contributed by atoms with E-state index >= 15 is 0 Å². The second-order valence-electron chi connectivity index (χ2n) is 6.04. The molecular weight excluding hydrogens is 349 g/mol. The fourth-order valence-corrected chi connectivity index (χ4v) is 2.89. The van der Waals surface area contributed by atoms with Crippen LogP contribution in [0.3, 0.4) is 0 Å². The zero-order valence-corrected chi connectivity index (χ0v) is 20.2. The molecule has 2 rings (SSSR count). The van der Waals surface area contributed by atoms with Crippen LogP contribution in [0.25, 0.3) is 0 Å². The number of hydrogen-bond acceptors (Lipinski definition) is 5. The van der Waals surface area contributed by atoms with Crippen molar-refractivity contribution in [1.29, 1.82) is 0 Å². The van der Waals surface area contributed by atoms with Crippen LogP contribution in [0.5, 0.6) is 5.75 Å². The van der Waals surface area contributed by atoms with E-state index < -0.39 is 14.6 Å². The average Bonchev–Trinajstić information content (AvgIpc) is 3.29. The molecule has 2 atom stereocenters. The Bertz CT molecular complexity index is 559. The molecule has 1 aromatic carbocycles. The summed E-state index contributed by atoms with van der Waals surface area (Å²) in [4.78, 5) is 21.2. The standard InChI is InChI=1S/C16H25O5P.2Na/c1-4-11(2)14-6-5-7-15(12(3)13-8-9-13)16(14)20-10-21-22(17,18)19;;/h5-7,11-13H,4,8-10H2,1-3H3,(H2,17,18,19);;/q;2*+1/p-2. The van der Waals surface area contributed by atoms with Crippen molar-refractivity contribution in [3.8, 4) is 5.75 Å². The van der Waals surface area contributed by atoms with Gasteiger partial charge in [-0.2, -0.15) is 0 Å². The van der Waals surface area contributed by atoms with Crippen molar-refractivity contribution in [3.63, 3.8) is 0 Å². The smallest absolute Gasteiger partial charge is 0.790 e. The molecule has 8 heteroatoms. The average molecular weight is 372 g/mol. The van der Waals surface area contributed by atoms with Gasteiger partial charge in [0.25, 0.3) is 0 Å². The van der Waals surface area contributed by atoms with Gasteiger partial charge in [0, 0.05) is 0 Å². The third-order valence-electron chi connectivity index (χ3n) is 4.45. The summed E-state index contributed by atoms with van der Waals surface area (Å²) in [5, 5.41) is 0. The van der Waals surface area contributed by atoms with Crippen molar-refractivity contribution in [2.24, 2.45) is 5.92 Å². The summed E-state index contributed by atoms with van der Waals surface area (Å²) in [5.41, 5.74) is 2.10. The van der Waals surface area contributed by atoms with Gasteiger partial charge < -0.3 is 23.6 Å². The Morgan fingerprint density at radius 2 is 1.79 bits per heavy atom. The Morgan fingerprint density at radius 1 is 1.21 bits per heavy atom. The van der Waals surface area contributed by atoms with Gasteiger partial charge in [-0.1, -0.05) is 39.0 Å².